The Morgan fingerprint density at radius 3 is 2.47 bits per heavy atom. The van der Waals surface area contributed by atoms with Gasteiger partial charge in [-0.3, -0.25) is 0 Å². The zero-order valence-electron chi connectivity index (χ0n) is 8.25. The lowest BCUT2D eigenvalue weighted by Gasteiger charge is -2.10. The molecule has 0 fully saturated rings. The van der Waals surface area contributed by atoms with Crippen LogP contribution in [0.2, 0.25) is 5.02 Å². The summed E-state index contributed by atoms with van der Waals surface area (Å²) in [7, 11) is 0. The molecule has 0 spiro atoms. The van der Waals surface area contributed by atoms with Crippen LogP contribution >= 0.6 is 27.5 Å². The number of furan rings is 1. The number of benzene rings is 1. The summed E-state index contributed by atoms with van der Waals surface area (Å²) in [6.07, 6.45) is -1.25. The number of hydrogen-bond acceptors (Lipinski definition) is 2. The van der Waals surface area contributed by atoms with Gasteiger partial charge < -0.3 is 9.52 Å². The van der Waals surface area contributed by atoms with Gasteiger partial charge in [0.1, 0.15) is 11.9 Å². The van der Waals surface area contributed by atoms with E-state index >= 15 is 0 Å². The monoisotopic (exact) mass is 322 g/mol. The van der Waals surface area contributed by atoms with Crippen LogP contribution in [-0.2, 0) is 0 Å². The Kier molecular flexibility index (Phi) is 3.51. The normalized spacial score (nSPS) is 12.8. The molecule has 1 N–H and O–H groups in total. The Balaban J connectivity index is 2.43. The number of aliphatic hydroxyl groups excluding tert-OH is 1. The SMILES string of the molecule is OC(c1ccc(Br)o1)c1cc(F)c(F)cc1Cl. The third-order valence-electron chi connectivity index (χ3n) is 2.20. The fourth-order valence-electron chi connectivity index (χ4n) is 1.38. The first-order valence-electron chi connectivity index (χ1n) is 4.57. The second kappa shape index (κ2) is 4.76. The zero-order chi connectivity index (χ0) is 12.6. The maximum atomic E-state index is 13.1. The highest BCUT2D eigenvalue weighted by molar-refractivity contribution is 9.10. The minimum Gasteiger partial charge on any atom is -0.451 e. The van der Waals surface area contributed by atoms with Crippen molar-refractivity contribution in [3.05, 3.63) is 56.9 Å². The van der Waals surface area contributed by atoms with Crippen LogP contribution in [-0.4, -0.2) is 5.11 Å². The molecule has 1 heterocycles. The largest absolute Gasteiger partial charge is 0.451 e. The first-order valence-corrected chi connectivity index (χ1v) is 5.74. The predicted molar refractivity (Wildman–Crippen MR) is 61.8 cm³/mol. The lowest BCUT2D eigenvalue weighted by atomic mass is 10.1. The van der Waals surface area contributed by atoms with Gasteiger partial charge >= 0.3 is 0 Å². The Labute approximate surface area is 109 Å². The molecule has 2 rings (SSSR count). The lowest BCUT2D eigenvalue weighted by Crippen LogP contribution is -2.01. The number of rotatable bonds is 2. The van der Waals surface area contributed by atoms with Crippen molar-refractivity contribution in [1.29, 1.82) is 0 Å². The number of aliphatic hydroxyl groups is 1. The van der Waals surface area contributed by atoms with Crippen LogP contribution in [0.15, 0.2) is 33.4 Å². The average molecular weight is 324 g/mol. The van der Waals surface area contributed by atoms with Gasteiger partial charge in [-0.2, -0.15) is 0 Å². The van der Waals surface area contributed by atoms with Gasteiger partial charge in [-0.05, 0) is 40.2 Å². The summed E-state index contributed by atoms with van der Waals surface area (Å²) in [5.41, 5.74) is 0.0485. The van der Waals surface area contributed by atoms with E-state index < -0.39 is 17.7 Å². The molecule has 0 saturated heterocycles. The molecule has 90 valence electrons. The Hall–Kier alpha value is -0.910. The summed E-state index contributed by atoms with van der Waals surface area (Å²) in [5, 5.41) is 9.85. The summed E-state index contributed by atoms with van der Waals surface area (Å²) in [5.74, 6) is -1.95. The van der Waals surface area contributed by atoms with Crippen molar-refractivity contribution in [2.75, 3.05) is 0 Å². The van der Waals surface area contributed by atoms with Crippen LogP contribution in [0.1, 0.15) is 17.4 Å². The molecule has 1 atom stereocenters. The summed E-state index contributed by atoms with van der Waals surface area (Å²) in [4.78, 5) is 0. The van der Waals surface area contributed by atoms with Gasteiger partial charge in [-0.15, -0.1) is 0 Å². The molecule has 0 aliphatic rings. The predicted octanol–water partition coefficient (Wildman–Crippen LogP) is 4.06. The molecular formula is C11H6BrClF2O2. The molecule has 0 amide bonds. The first-order chi connectivity index (χ1) is 7.99. The van der Waals surface area contributed by atoms with Crippen LogP contribution in [0.25, 0.3) is 0 Å². The van der Waals surface area contributed by atoms with Gasteiger partial charge in [0.2, 0.25) is 0 Å². The van der Waals surface area contributed by atoms with Crippen LogP contribution in [0.5, 0.6) is 0 Å². The third kappa shape index (κ3) is 2.51. The van der Waals surface area contributed by atoms with E-state index in [-0.39, 0.29) is 16.3 Å². The average Bonchev–Trinajstić information content (AvgIpc) is 2.69. The highest BCUT2D eigenvalue weighted by Gasteiger charge is 2.20. The van der Waals surface area contributed by atoms with Crippen LogP contribution in [0.4, 0.5) is 8.78 Å². The van der Waals surface area contributed by atoms with Gasteiger partial charge in [0.25, 0.3) is 0 Å². The Morgan fingerprint density at radius 1 is 1.24 bits per heavy atom. The van der Waals surface area contributed by atoms with Gasteiger partial charge in [0.15, 0.2) is 16.3 Å². The van der Waals surface area contributed by atoms with Crippen molar-refractivity contribution in [1.82, 2.24) is 0 Å². The maximum absolute atomic E-state index is 13.1. The van der Waals surface area contributed by atoms with Crippen LogP contribution in [0.3, 0.4) is 0 Å². The van der Waals surface area contributed by atoms with E-state index in [9.17, 15) is 13.9 Å². The van der Waals surface area contributed by atoms with Crippen LogP contribution < -0.4 is 0 Å². The van der Waals surface area contributed by atoms with E-state index in [1.165, 1.54) is 6.07 Å². The zero-order valence-corrected chi connectivity index (χ0v) is 10.6. The highest BCUT2D eigenvalue weighted by atomic mass is 79.9. The van der Waals surface area contributed by atoms with Gasteiger partial charge in [-0.1, -0.05) is 11.6 Å². The Bertz CT molecular complexity index is 556. The molecular weight excluding hydrogens is 317 g/mol. The van der Waals surface area contributed by atoms with Crippen molar-refractivity contribution < 1.29 is 18.3 Å². The van der Waals surface area contributed by atoms with E-state index in [2.05, 4.69) is 15.9 Å². The van der Waals surface area contributed by atoms with Gasteiger partial charge in [0.05, 0.1) is 0 Å². The second-order valence-corrected chi connectivity index (χ2v) is 4.52. The van der Waals surface area contributed by atoms with E-state index in [0.29, 0.717) is 4.67 Å². The van der Waals surface area contributed by atoms with Gasteiger partial charge in [0, 0.05) is 10.6 Å². The molecule has 6 heteroatoms. The smallest absolute Gasteiger partial charge is 0.169 e. The topological polar surface area (TPSA) is 33.4 Å². The molecule has 2 nitrogen and oxygen atoms in total. The molecule has 2 aromatic rings. The molecule has 1 unspecified atom stereocenters. The fourth-order valence-corrected chi connectivity index (χ4v) is 1.95. The first kappa shape index (κ1) is 12.5. The van der Waals surface area contributed by atoms with Crippen molar-refractivity contribution in [2.24, 2.45) is 0 Å². The highest BCUT2D eigenvalue weighted by Crippen LogP contribution is 2.31. The minimum atomic E-state index is -1.25. The molecule has 1 aromatic carbocycles. The quantitative estimate of drug-likeness (QED) is 0.846. The van der Waals surface area contributed by atoms with Crippen LogP contribution in [0, 0.1) is 11.6 Å². The lowest BCUT2D eigenvalue weighted by molar-refractivity contribution is 0.187. The summed E-state index contributed by atoms with van der Waals surface area (Å²) in [6.45, 7) is 0. The van der Waals surface area contributed by atoms with Crippen molar-refractivity contribution in [2.45, 2.75) is 6.10 Å². The number of hydrogen-bond donors (Lipinski definition) is 1. The maximum Gasteiger partial charge on any atom is 0.169 e. The van der Waals surface area contributed by atoms with E-state index in [4.69, 9.17) is 16.0 Å². The molecule has 17 heavy (non-hydrogen) atoms. The summed E-state index contributed by atoms with van der Waals surface area (Å²) >= 11 is 8.81. The minimum absolute atomic E-state index is 0.0485. The van der Waals surface area contributed by atoms with E-state index in [0.717, 1.165) is 12.1 Å². The second-order valence-electron chi connectivity index (χ2n) is 3.33. The molecule has 0 radical (unpaired) electrons. The molecule has 0 bridgehead atoms. The molecule has 0 aliphatic heterocycles. The molecule has 0 aliphatic carbocycles. The molecule has 0 saturated carbocycles. The van der Waals surface area contributed by atoms with Crippen molar-refractivity contribution in [3.8, 4) is 0 Å². The molecule has 1 aromatic heterocycles. The van der Waals surface area contributed by atoms with Crippen molar-refractivity contribution >= 4 is 27.5 Å². The fraction of sp³-hybridized carbons (Fsp3) is 0.0909. The van der Waals surface area contributed by atoms with E-state index in [1.807, 2.05) is 0 Å². The van der Waals surface area contributed by atoms with Gasteiger partial charge in [-0.25, -0.2) is 8.78 Å². The number of halogens is 4. The summed E-state index contributed by atoms with van der Waals surface area (Å²) < 4.78 is 31.5. The van der Waals surface area contributed by atoms with E-state index in [1.54, 1.807) is 6.07 Å². The summed E-state index contributed by atoms with van der Waals surface area (Å²) in [6, 6.07) is 4.74. The standard InChI is InChI=1S/C11H6BrClF2O2/c12-10-2-1-9(17-10)11(16)5-3-7(14)8(15)4-6(5)13/h1-4,11,16H. The Morgan fingerprint density at radius 2 is 1.88 bits per heavy atom. The van der Waals surface area contributed by atoms with Crippen molar-refractivity contribution in [3.63, 3.8) is 0 Å². The third-order valence-corrected chi connectivity index (χ3v) is 2.95.